The molecule has 0 saturated carbocycles. The van der Waals surface area contributed by atoms with Crippen molar-refractivity contribution in [2.24, 2.45) is 0 Å². The lowest BCUT2D eigenvalue weighted by Crippen LogP contribution is -2.51. The van der Waals surface area contributed by atoms with Gasteiger partial charge in [-0.25, -0.2) is 0 Å². The van der Waals surface area contributed by atoms with Crippen LogP contribution in [0.2, 0.25) is 0 Å². The lowest BCUT2D eigenvalue weighted by atomic mass is 10.1. The van der Waals surface area contributed by atoms with Crippen molar-refractivity contribution in [3.05, 3.63) is 12.2 Å². The number of quaternary nitrogens is 1. The van der Waals surface area contributed by atoms with E-state index in [9.17, 15) is 14.7 Å². The molecule has 0 heterocycles. The first-order valence-electron chi connectivity index (χ1n) is 8.46. The molecule has 0 fully saturated rings. The Balaban J connectivity index is 4.40. The molecule has 3 N–H and O–H groups in total. The van der Waals surface area contributed by atoms with E-state index in [4.69, 9.17) is 10.2 Å². The van der Waals surface area contributed by atoms with Crippen LogP contribution in [0.15, 0.2) is 12.2 Å². The van der Waals surface area contributed by atoms with Crippen LogP contribution in [0.4, 0.5) is 0 Å². The molecule has 0 aliphatic rings. The summed E-state index contributed by atoms with van der Waals surface area (Å²) in [6.07, 6.45) is 9.50. The van der Waals surface area contributed by atoms with Crippen LogP contribution >= 0.6 is 0 Å². The zero-order valence-electron chi connectivity index (χ0n) is 14.2. The average Bonchev–Trinajstić information content (AvgIpc) is 2.49. The SMILES string of the molecule is C/C=C/CCCCC[N+](CO)(CCCC(=O)O)CCCC(=O)O. The van der Waals surface area contributed by atoms with Crippen molar-refractivity contribution in [3.63, 3.8) is 0 Å². The number of hydrogen-bond acceptors (Lipinski definition) is 3. The molecule has 0 saturated heterocycles. The number of carboxylic acids is 2. The van der Waals surface area contributed by atoms with Crippen molar-refractivity contribution < 1.29 is 29.4 Å². The van der Waals surface area contributed by atoms with E-state index in [0.717, 1.165) is 32.2 Å². The Morgan fingerprint density at radius 1 is 0.870 bits per heavy atom. The molecular formula is C17H32NO5+. The highest BCUT2D eigenvalue weighted by molar-refractivity contribution is 5.66. The van der Waals surface area contributed by atoms with Gasteiger partial charge in [0, 0.05) is 12.8 Å². The minimum absolute atomic E-state index is 0.0614. The largest absolute Gasteiger partial charge is 0.481 e. The number of carboxylic acid groups (broad SMARTS) is 2. The number of aliphatic hydroxyl groups excluding tert-OH is 1. The molecule has 0 atom stereocenters. The van der Waals surface area contributed by atoms with Crippen molar-refractivity contribution in [1.29, 1.82) is 0 Å². The van der Waals surface area contributed by atoms with E-state index in [2.05, 4.69) is 6.08 Å². The number of nitrogens with zero attached hydrogens (tertiary/aromatic N) is 1. The monoisotopic (exact) mass is 330 g/mol. The van der Waals surface area contributed by atoms with Crippen LogP contribution in [0.1, 0.15) is 58.3 Å². The molecule has 0 aromatic heterocycles. The van der Waals surface area contributed by atoms with Gasteiger partial charge in [0.15, 0.2) is 6.73 Å². The maximum Gasteiger partial charge on any atom is 0.303 e. The summed E-state index contributed by atoms with van der Waals surface area (Å²) in [4.78, 5) is 21.4. The molecule has 0 aliphatic carbocycles. The lowest BCUT2D eigenvalue weighted by Gasteiger charge is -2.37. The van der Waals surface area contributed by atoms with Gasteiger partial charge in [-0.15, -0.1) is 0 Å². The number of rotatable bonds is 15. The zero-order chi connectivity index (χ0) is 17.6. The number of unbranched alkanes of at least 4 members (excludes halogenated alkanes) is 3. The molecular weight excluding hydrogens is 298 g/mol. The Hall–Kier alpha value is -1.40. The average molecular weight is 330 g/mol. The first-order valence-corrected chi connectivity index (χ1v) is 8.46. The molecule has 0 unspecified atom stereocenters. The number of hydrogen-bond donors (Lipinski definition) is 3. The van der Waals surface area contributed by atoms with Crippen molar-refractivity contribution in [1.82, 2.24) is 0 Å². The fourth-order valence-electron chi connectivity index (χ4n) is 2.73. The van der Waals surface area contributed by atoms with Crippen LogP contribution in [0.3, 0.4) is 0 Å². The number of aliphatic carboxylic acids is 2. The quantitative estimate of drug-likeness (QED) is 0.186. The summed E-state index contributed by atoms with van der Waals surface area (Å²) < 4.78 is 0.407. The standard InChI is InChI=1S/C17H31NO5/c1-2-3-4-5-6-7-12-18(15-19,13-8-10-16(20)21)14-9-11-17(22)23/h2-3,19H,4-15H2,1H3,(H-,20,21,22,23)/p+1/b3-2+. The van der Waals surface area contributed by atoms with E-state index < -0.39 is 11.9 Å². The van der Waals surface area contributed by atoms with Gasteiger partial charge in [-0.1, -0.05) is 12.2 Å². The fraction of sp³-hybridized carbons (Fsp3) is 0.765. The van der Waals surface area contributed by atoms with Crippen LogP contribution in [0, 0.1) is 0 Å². The topological polar surface area (TPSA) is 94.8 Å². The van der Waals surface area contributed by atoms with Crippen LogP contribution in [0.5, 0.6) is 0 Å². The summed E-state index contributed by atoms with van der Waals surface area (Å²) in [6, 6.07) is 0. The maximum atomic E-state index is 10.7. The van der Waals surface area contributed by atoms with E-state index >= 15 is 0 Å². The van der Waals surface area contributed by atoms with E-state index in [1.54, 1.807) is 0 Å². The summed E-state index contributed by atoms with van der Waals surface area (Å²) in [6.45, 7) is 3.87. The second-order valence-electron chi connectivity index (χ2n) is 6.07. The van der Waals surface area contributed by atoms with Gasteiger partial charge in [0.25, 0.3) is 0 Å². The Morgan fingerprint density at radius 3 is 1.83 bits per heavy atom. The van der Waals surface area contributed by atoms with Crippen molar-refractivity contribution >= 4 is 11.9 Å². The molecule has 0 bridgehead atoms. The molecule has 23 heavy (non-hydrogen) atoms. The molecule has 0 aromatic rings. The van der Waals surface area contributed by atoms with Gasteiger partial charge in [0.2, 0.25) is 0 Å². The lowest BCUT2D eigenvalue weighted by molar-refractivity contribution is -0.945. The van der Waals surface area contributed by atoms with Crippen LogP contribution < -0.4 is 0 Å². The van der Waals surface area contributed by atoms with Crippen molar-refractivity contribution in [2.45, 2.75) is 58.3 Å². The molecule has 134 valence electrons. The molecule has 0 radical (unpaired) electrons. The summed E-state index contributed by atoms with van der Waals surface area (Å²) >= 11 is 0. The smallest absolute Gasteiger partial charge is 0.303 e. The van der Waals surface area contributed by atoms with Gasteiger partial charge in [-0.05, 0) is 32.6 Å². The third kappa shape index (κ3) is 11.8. The minimum atomic E-state index is -0.835. The van der Waals surface area contributed by atoms with Crippen LogP contribution in [0.25, 0.3) is 0 Å². The van der Waals surface area contributed by atoms with E-state index in [-0.39, 0.29) is 19.6 Å². The molecule has 0 amide bonds. The molecule has 0 rings (SSSR count). The second kappa shape index (κ2) is 13.1. The predicted octanol–water partition coefficient (Wildman–Crippen LogP) is 2.62. The van der Waals surface area contributed by atoms with Gasteiger partial charge >= 0.3 is 11.9 Å². The van der Waals surface area contributed by atoms with Crippen molar-refractivity contribution in [3.8, 4) is 0 Å². The van der Waals surface area contributed by atoms with Gasteiger partial charge in [0.05, 0.1) is 32.5 Å². The first kappa shape index (κ1) is 21.6. The molecule has 0 spiro atoms. The summed E-state index contributed by atoms with van der Waals surface area (Å²) in [5.41, 5.74) is 0. The number of carbonyl (C=O) groups is 2. The van der Waals surface area contributed by atoms with E-state index in [1.807, 2.05) is 13.0 Å². The maximum absolute atomic E-state index is 10.7. The first-order chi connectivity index (χ1) is 11.0. The third-order valence-electron chi connectivity index (χ3n) is 4.09. The minimum Gasteiger partial charge on any atom is -0.481 e. The second-order valence-corrected chi connectivity index (χ2v) is 6.07. The summed E-state index contributed by atoms with van der Waals surface area (Å²) in [5, 5.41) is 27.4. The Kier molecular flexibility index (Phi) is 12.3. The normalized spacial score (nSPS) is 11.9. The van der Waals surface area contributed by atoms with Crippen LogP contribution in [-0.2, 0) is 9.59 Å². The highest BCUT2D eigenvalue weighted by Crippen LogP contribution is 2.15. The van der Waals surface area contributed by atoms with Crippen LogP contribution in [-0.4, -0.2) is 58.1 Å². The van der Waals surface area contributed by atoms with Gasteiger partial charge < -0.3 is 19.8 Å². The highest BCUT2D eigenvalue weighted by Gasteiger charge is 2.26. The van der Waals surface area contributed by atoms with Gasteiger partial charge in [0.1, 0.15) is 0 Å². The molecule has 6 heteroatoms. The molecule has 6 nitrogen and oxygen atoms in total. The predicted molar refractivity (Wildman–Crippen MR) is 89.0 cm³/mol. The van der Waals surface area contributed by atoms with E-state index in [1.165, 1.54) is 0 Å². The molecule has 0 aromatic carbocycles. The summed E-state index contributed by atoms with van der Waals surface area (Å²) in [7, 11) is 0. The Labute approximate surface area is 139 Å². The van der Waals surface area contributed by atoms with Crippen molar-refractivity contribution in [2.75, 3.05) is 26.4 Å². The van der Waals surface area contributed by atoms with Gasteiger partial charge in [-0.3, -0.25) is 9.59 Å². The molecule has 0 aliphatic heterocycles. The summed E-state index contributed by atoms with van der Waals surface area (Å²) in [5.74, 6) is -1.67. The zero-order valence-corrected chi connectivity index (χ0v) is 14.2. The van der Waals surface area contributed by atoms with Gasteiger partial charge in [-0.2, -0.15) is 0 Å². The third-order valence-corrected chi connectivity index (χ3v) is 4.09. The van der Waals surface area contributed by atoms with E-state index in [0.29, 0.717) is 30.4 Å². The Morgan fingerprint density at radius 2 is 1.39 bits per heavy atom. The Bertz CT molecular complexity index is 348. The number of allylic oxidation sites excluding steroid dienone is 2. The number of aliphatic hydroxyl groups is 1. The fourth-order valence-corrected chi connectivity index (χ4v) is 2.73. The highest BCUT2D eigenvalue weighted by atomic mass is 16.4.